The van der Waals surface area contributed by atoms with Gasteiger partial charge in [0.15, 0.2) is 0 Å². The highest BCUT2D eigenvalue weighted by molar-refractivity contribution is 4.76. The Kier molecular flexibility index (Phi) is 7.15. The van der Waals surface area contributed by atoms with Gasteiger partial charge in [0, 0.05) is 32.2 Å². The fraction of sp³-hybridized carbons (Fsp3) is 1.00. The van der Waals surface area contributed by atoms with Gasteiger partial charge in [-0.25, -0.2) is 0 Å². The van der Waals surface area contributed by atoms with Crippen LogP contribution < -0.4 is 5.32 Å². The molecular weight excluding hydrogens is 226 g/mol. The van der Waals surface area contributed by atoms with Gasteiger partial charge < -0.3 is 19.9 Å². The number of hydrogen-bond donors (Lipinski definition) is 1. The summed E-state index contributed by atoms with van der Waals surface area (Å²) in [7, 11) is 6.45. The molecule has 1 fully saturated rings. The van der Waals surface area contributed by atoms with E-state index in [-0.39, 0.29) is 0 Å². The molecule has 0 amide bonds. The van der Waals surface area contributed by atoms with E-state index in [1.165, 1.54) is 6.42 Å². The first kappa shape index (κ1) is 15.9. The molecular formula is C14H31N3O. The zero-order valence-electron chi connectivity index (χ0n) is 12.8. The molecule has 0 radical (unpaired) electrons. The SMILES string of the molecule is CC(C)CC(CN(C)C)NCC1CN(C)CCO1. The van der Waals surface area contributed by atoms with E-state index >= 15 is 0 Å². The molecule has 4 heteroatoms. The highest BCUT2D eigenvalue weighted by atomic mass is 16.5. The van der Waals surface area contributed by atoms with Gasteiger partial charge in [-0.3, -0.25) is 0 Å². The van der Waals surface area contributed by atoms with Gasteiger partial charge in [0.25, 0.3) is 0 Å². The Balaban J connectivity index is 2.30. The lowest BCUT2D eigenvalue weighted by molar-refractivity contribution is -0.0198. The molecule has 0 aromatic carbocycles. The lowest BCUT2D eigenvalue weighted by Gasteiger charge is -2.32. The van der Waals surface area contributed by atoms with Crippen molar-refractivity contribution in [1.82, 2.24) is 15.1 Å². The summed E-state index contributed by atoms with van der Waals surface area (Å²) < 4.78 is 5.79. The van der Waals surface area contributed by atoms with Crippen LogP contribution in [0.4, 0.5) is 0 Å². The second-order valence-electron chi connectivity index (χ2n) is 6.25. The van der Waals surface area contributed by atoms with Gasteiger partial charge in [-0.05, 0) is 33.5 Å². The summed E-state index contributed by atoms with van der Waals surface area (Å²) in [5, 5.41) is 3.68. The molecule has 0 spiro atoms. The summed E-state index contributed by atoms with van der Waals surface area (Å²) >= 11 is 0. The topological polar surface area (TPSA) is 27.7 Å². The molecule has 0 aromatic rings. The van der Waals surface area contributed by atoms with Crippen LogP contribution in [0.15, 0.2) is 0 Å². The highest BCUT2D eigenvalue weighted by Gasteiger charge is 2.19. The van der Waals surface area contributed by atoms with Crippen LogP contribution in [0.25, 0.3) is 0 Å². The van der Waals surface area contributed by atoms with Gasteiger partial charge in [0.2, 0.25) is 0 Å². The molecule has 0 bridgehead atoms. The van der Waals surface area contributed by atoms with Crippen molar-refractivity contribution in [3.05, 3.63) is 0 Å². The molecule has 108 valence electrons. The Morgan fingerprint density at radius 3 is 2.67 bits per heavy atom. The third-order valence-corrected chi connectivity index (χ3v) is 3.32. The second-order valence-corrected chi connectivity index (χ2v) is 6.25. The molecule has 0 aromatic heterocycles. The Bertz CT molecular complexity index is 211. The maximum absolute atomic E-state index is 5.79. The summed E-state index contributed by atoms with van der Waals surface area (Å²) in [5.41, 5.74) is 0. The molecule has 1 aliphatic rings. The lowest BCUT2D eigenvalue weighted by atomic mass is 10.0. The molecule has 1 heterocycles. The fourth-order valence-corrected chi connectivity index (χ4v) is 2.52. The largest absolute Gasteiger partial charge is 0.374 e. The van der Waals surface area contributed by atoms with Gasteiger partial charge in [0.1, 0.15) is 0 Å². The third kappa shape index (κ3) is 6.69. The van der Waals surface area contributed by atoms with E-state index in [1.54, 1.807) is 0 Å². The summed E-state index contributed by atoms with van der Waals surface area (Å²) in [5.74, 6) is 0.734. The van der Waals surface area contributed by atoms with Gasteiger partial charge in [-0.15, -0.1) is 0 Å². The van der Waals surface area contributed by atoms with E-state index in [2.05, 4.69) is 50.1 Å². The van der Waals surface area contributed by atoms with Crippen LogP contribution in [0.2, 0.25) is 0 Å². The van der Waals surface area contributed by atoms with Crippen molar-refractivity contribution in [2.24, 2.45) is 5.92 Å². The van der Waals surface area contributed by atoms with Crippen LogP contribution in [-0.4, -0.2) is 75.9 Å². The van der Waals surface area contributed by atoms with Gasteiger partial charge in [-0.1, -0.05) is 13.8 Å². The van der Waals surface area contributed by atoms with Crippen molar-refractivity contribution >= 4 is 0 Å². The molecule has 1 rings (SSSR count). The number of rotatable bonds is 7. The highest BCUT2D eigenvalue weighted by Crippen LogP contribution is 2.07. The molecule has 18 heavy (non-hydrogen) atoms. The quantitative estimate of drug-likeness (QED) is 0.733. The first-order chi connectivity index (χ1) is 8.47. The monoisotopic (exact) mass is 257 g/mol. The van der Waals surface area contributed by atoms with Crippen molar-refractivity contribution in [1.29, 1.82) is 0 Å². The Morgan fingerprint density at radius 1 is 1.39 bits per heavy atom. The molecule has 0 aliphatic carbocycles. The Hall–Kier alpha value is -0.160. The summed E-state index contributed by atoms with van der Waals surface area (Å²) in [6.07, 6.45) is 1.57. The van der Waals surface area contributed by atoms with Crippen LogP contribution >= 0.6 is 0 Å². The van der Waals surface area contributed by atoms with Crippen molar-refractivity contribution in [3.8, 4) is 0 Å². The number of hydrogen-bond acceptors (Lipinski definition) is 4. The van der Waals surface area contributed by atoms with Gasteiger partial charge in [-0.2, -0.15) is 0 Å². The van der Waals surface area contributed by atoms with E-state index in [1.807, 2.05) is 0 Å². The molecule has 2 unspecified atom stereocenters. The first-order valence-electron chi connectivity index (χ1n) is 7.15. The van der Waals surface area contributed by atoms with Crippen molar-refractivity contribution in [2.75, 3.05) is 53.9 Å². The first-order valence-corrected chi connectivity index (χ1v) is 7.15. The standard InChI is InChI=1S/C14H31N3O/c1-12(2)8-13(10-16(3)4)15-9-14-11-17(5)6-7-18-14/h12-15H,6-11H2,1-5H3. The summed E-state index contributed by atoms with van der Waals surface area (Å²) in [4.78, 5) is 4.60. The van der Waals surface area contributed by atoms with E-state index < -0.39 is 0 Å². The van der Waals surface area contributed by atoms with Gasteiger partial charge >= 0.3 is 0 Å². The number of likely N-dealkylation sites (N-methyl/N-ethyl adjacent to an activating group) is 2. The number of nitrogens with one attached hydrogen (secondary N) is 1. The molecule has 2 atom stereocenters. The maximum atomic E-state index is 5.79. The normalized spacial score (nSPS) is 23.8. The van der Waals surface area contributed by atoms with Crippen LogP contribution in [0.5, 0.6) is 0 Å². The average Bonchev–Trinajstić information content (AvgIpc) is 2.24. The number of nitrogens with zero attached hydrogens (tertiary/aromatic N) is 2. The lowest BCUT2D eigenvalue weighted by Crippen LogP contribution is -2.48. The van der Waals surface area contributed by atoms with Crippen molar-refractivity contribution in [3.63, 3.8) is 0 Å². The molecule has 1 N–H and O–H groups in total. The Morgan fingerprint density at radius 2 is 2.11 bits per heavy atom. The zero-order valence-corrected chi connectivity index (χ0v) is 12.8. The van der Waals surface area contributed by atoms with E-state index in [0.29, 0.717) is 12.1 Å². The minimum absolute atomic E-state index is 0.348. The van der Waals surface area contributed by atoms with Crippen LogP contribution in [0, 0.1) is 5.92 Å². The molecule has 4 nitrogen and oxygen atoms in total. The third-order valence-electron chi connectivity index (χ3n) is 3.32. The molecule has 1 saturated heterocycles. The van der Waals surface area contributed by atoms with Crippen molar-refractivity contribution < 1.29 is 4.74 Å². The van der Waals surface area contributed by atoms with Crippen LogP contribution in [0.3, 0.4) is 0 Å². The zero-order chi connectivity index (χ0) is 13.5. The smallest absolute Gasteiger partial charge is 0.0826 e. The predicted molar refractivity (Wildman–Crippen MR) is 77.0 cm³/mol. The number of ether oxygens (including phenoxy) is 1. The summed E-state index contributed by atoms with van der Waals surface area (Å²) in [6.45, 7) is 9.61. The fourth-order valence-electron chi connectivity index (χ4n) is 2.52. The van der Waals surface area contributed by atoms with Crippen LogP contribution in [0.1, 0.15) is 20.3 Å². The van der Waals surface area contributed by atoms with E-state index in [9.17, 15) is 0 Å². The van der Waals surface area contributed by atoms with Crippen LogP contribution in [-0.2, 0) is 4.74 Å². The molecule has 1 aliphatic heterocycles. The second kappa shape index (κ2) is 8.10. The van der Waals surface area contributed by atoms with E-state index in [0.717, 1.165) is 38.7 Å². The predicted octanol–water partition coefficient (Wildman–Crippen LogP) is 0.883. The maximum Gasteiger partial charge on any atom is 0.0826 e. The minimum atomic E-state index is 0.348. The Labute approximate surface area is 113 Å². The van der Waals surface area contributed by atoms with Gasteiger partial charge in [0.05, 0.1) is 12.7 Å². The van der Waals surface area contributed by atoms with Crippen molar-refractivity contribution in [2.45, 2.75) is 32.4 Å². The average molecular weight is 257 g/mol. The van der Waals surface area contributed by atoms with E-state index in [4.69, 9.17) is 4.74 Å². The molecule has 0 saturated carbocycles. The minimum Gasteiger partial charge on any atom is -0.374 e. The number of morpholine rings is 1. The summed E-state index contributed by atoms with van der Waals surface area (Å²) in [6, 6.07) is 0.566.